The lowest BCUT2D eigenvalue weighted by Crippen LogP contribution is -2.04. The lowest BCUT2D eigenvalue weighted by Gasteiger charge is -2.10. The summed E-state index contributed by atoms with van der Waals surface area (Å²) in [6.45, 7) is 0. The summed E-state index contributed by atoms with van der Waals surface area (Å²) in [5.74, 6) is 1.41. The molecule has 0 fully saturated rings. The molecule has 228 valence electrons. The summed E-state index contributed by atoms with van der Waals surface area (Å²) in [5, 5.41) is 8.75. The molecule has 0 aliphatic heterocycles. The first-order valence-corrected chi connectivity index (χ1v) is 16.5. The Morgan fingerprint density at radius 1 is 0.511 bits per heavy atom. The van der Waals surface area contributed by atoms with Crippen LogP contribution in [0.25, 0.3) is 33.3 Å². The molecule has 0 spiro atoms. The SMILES string of the molecule is Brc1cnn2c(N=C(c3ccccc3)c3ccccc3)cc(-c3ccccc3)cc12.Nc1cc(-c2ccccc2)cc2c(Br)cnn12. The fourth-order valence-electron chi connectivity index (χ4n) is 5.40. The first-order valence-electron chi connectivity index (χ1n) is 15.0. The Labute approximate surface area is 289 Å². The first kappa shape index (κ1) is 30.3. The minimum atomic E-state index is 0.632. The Morgan fingerprint density at radius 3 is 1.45 bits per heavy atom. The number of nitrogens with zero attached hydrogens (tertiary/aromatic N) is 5. The third-order valence-electron chi connectivity index (χ3n) is 7.69. The average molecular weight is 741 g/mol. The van der Waals surface area contributed by atoms with E-state index < -0.39 is 0 Å². The molecular weight excluding hydrogens is 712 g/mol. The third-order valence-corrected chi connectivity index (χ3v) is 8.91. The highest BCUT2D eigenvalue weighted by molar-refractivity contribution is 9.11. The van der Waals surface area contributed by atoms with Crippen molar-refractivity contribution in [2.45, 2.75) is 0 Å². The van der Waals surface area contributed by atoms with Gasteiger partial charge >= 0.3 is 0 Å². The molecule has 4 aromatic heterocycles. The number of hydrogen-bond acceptors (Lipinski definition) is 4. The van der Waals surface area contributed by atoms with E-state index in [0.29, 0.717) is 5.82 Å². The first-order chi connectivity index (χ1) is 23.0. The number of nitrogens with two attached hydrogens (primary N) is 1. The van der Waals surface area contributed by atoms with Gasteiger partial charge in [0.15, 0.2) is 5.82 Å². The highest BCUT2D eigenvalue weighted by atomic mass is 79.9. The van der Waals surface area contributed by atoms with Crippen molar-refractivity contribution in [3.05, 3.63) is 178 Å². The summed E-state index contributed by atoms with van der Waals surface area (Å²) in [6.07, 6.45) is 3.56. The molecule has 8 aromatic rings. The second-order valence-electron chi connectivity index (χ2n) is 10.8. The van der Waals surface area contributed by atoms with Crippen LogP contribution in [0.5, 0.6) is 0 Å². The van der Waals surface area contributed by atoms with Gasteiger partial charge in [-0.2, -0.15) is 10.2 Å². The number of benzene rings is 4. The molecule has 0 aliphatic carbocycles. The molecule has 0 saturated carbocycles. The van der Waals surface area contributed by atoms with Crippen molar-refractivity contribution in [1.82, 2.24) is 19.2 Å². The van der Waals surface area contributed by atoms with Crippen LogP contribution in [-0.4, -0.2) is 24.9 Å². The highest BCUT2D eigenvalue weighted by Crippen LogP contribution is 2.31. The van der Waals surface area contributed by atoms with E-state index in [0.717, 1.165) is 64.9 Å². The number of nitrogen functional groups attached to an aromatic ring is 1. The topological polar surface area (TPSA) is 73.0 Å². The monoisotopic (exact) mass is 738 g/mol. The number of rotatable bonds is 5. The molecule has 8 heteroatoms. The lowest BCUT2D eigenvalue weighted by molar-refractivity contribution is 0.958. The number of halogens is 2. The number of aromatic nitrogens is 4. The molecule has 47 heavy (non-hydrogen) atoms. The summed E-state index contributed by atoms with van der Waals surface area (Å²) < 4.78 is 5.48. The predicted octanol–water partition coefficient (Wildman–Crippen LogP) is 10.3. The van der Waals surface area contributed by atoms with E-state index in [9.17, 15) is 0 Å². The van der Waals surface area contributed by atoms with Crippen molar-refractivity contribution in [3.63, 3.8) is 0 Å². The lowest BCUT2D eigenvalue weighted by atomic mass is 10.0. The Kier molecular flexibility index (Phi) is 8.77. The van der Waals surface area contributed by atoms with E-state index in [1.807, 2.05) is 89.6 Å². The Bertz CT molecular complexity index is 2270. The van der Waals surface area contributed by atoms with Gasteiger partial charge in [0, 0.05) is 11.1 Å². The zero-order valence-corrected chi connectivity index (χ0v) is 28.3. The number of aliphatic imine (C=N–C) groups is 1. The summed E-state index contributed by atoms with van der Waals surface area (Å²) in [7, 11) is 0. The van der Waals surface area contributed by atoms with Gasteiger partial charge < -0.3 is 5.73 Å². The molecule has 0 unspecified atom stereocenters. The highest BCUT2D eigenvalue weighted by Gasteiger charge is 2.13. The minimum absolute atomic E-state index is 0.632. The van der Waals surface area contributed by atoms with Crippen molar-refractivity contribution in [2.24, 2.45) is 4.99 Å². The molecule has 0 aliphatic rings. The van der Waals surface area contributed by atoms with Gasteiger partial charge in [-0.25, -0.2) is 14.0 Å². The van der Waals surface area contributed by atoms with Gasteiger partial charge in [0.25, 0.3) is 0 Å². The van der Waals surface area contributed by atoms with E-state index in [4.69, 9.17) is 10.7 Å². The average Bonchev–Trinajstić information content (AvgIpc) is 3.71. The van der Waals surface area contributed by atoms with E-state index in [1.54, 1.807) is 10.7 Å². The number of fused-ring (bicyclic) bond motifs is 2. The van der Waals surface area contributed by atoms with Crippen LogP contribution in [0.3, 0.4) is 0 Å². The molecule has 0 atom stereocenters. The molecule has 0 saturated heterocycles. The van der Waals surface area contributed by atoms with Crippen LogP contribution in [0, 0.1) is 0 Å². The maximum atomic E-state index is 5.99. The van der Waals surface area contributed by atoms with E-state index in [1.165, 1.54) is 0 Å². The van der Waals surface area contributed by atoms with Gasteiger partial charge in [-0.05, 0) is 78.4 Å². The van der Waals surface area contributed by atoms with E-state index in [2.05, 4.69) is 109 Å². The smallest absolute Gasteiger partial charge is 0.155 e. The predicted molar refractivity (Wildman–Crippen MR) is 199 cm³/mol. The molecule has 0 radical (unpaired) electrons. The Balaban J connectivity index is 0.000000174. The standard InChI is InChI=1S/C26H18BrN3.C13H10BrN3/c27-23-18-28-30-24(23)16-22(19-10-4-1-5-11-19)17-25(30)29-26(20-12-6-2-7-13-20)21-14-8-3-9-15-21;14-11-8-16-17-12(11)6-10(7-13(17)15)9-4-2-1-3-5-9/h1-18H;1-8H,15H2. The number of hydrogen-bond donors (Lipinski definition) is 1. The van der Waals surface area contributed by atoms with Crippen LogP contribution < -0.4 is 5.73 Å². The van der Waals surface area contributed by atoms with Crippen LogP contribution in [-0.2, 0) is 0 Å². The van der Waals surface area contributed by atoms with Crippen molar-refractivity contribution in [3.8, 4) is 22.3 Å². The quantitative estimate of drug-likeness (QED) is 0.179. The molecule has 4 heterocycles. The van der Waals surface area contributed by atoms with Gasteiger partial charge in [-0.3, -0.25) is 0 Å². The zero-order chi connectivity index (χ0) is 32.2. The minimum Gasteiger partial charge on any atom is -0.384 e. The van der Waals surface area contributed by atoms with Crippen molar-refractivity contribution < 1.29 is 0 Å². The van der Waals surface area contributed by atoms with Crippen LogP contribution in [0.4, 0.5) is 11.6 Å². The normalized spacial score (nSPS) is 10.9. The Hall–Kier alpha value is -5.31. The van der Waals surface area contributed by atoms with E-state index >= 15 is 0 Å². The molecule has 0 bridgehead atoms. The summed E-state index contributed by atoms with van der Waals surface area (Å²) >= 11 is 7.10. The summed E-state index contributed by atoms with van der Waals surface area (Å²) in [6, 6.07) is 49.3. The third kappa shape index (κ3) is 6.52. The van der Waals surface area contributed by atoms with Gasteiger partial charge in [-0.15, -0.1) is 0 Å². The van der Waals surface area contributed by atoms with Crippen LogP contribution >= 0.6 is 31.9 Å². The molecular formula is C39H28Br2N6. The van der Waals surface area contributed by atoms with Gasteiger partial charge in [0.05, 0.1) is 38.1 Å². The largest absolute Gasteiger partial charge is 0.384 e. The number of pyridine rings is 2. The summed E-state index contributed by atoms with van der Waals surface area (Å²) in [4.78, 5) is 5.12. The van der Waals surface area contributed by atoms with Gasteiger partial charge in [0.2, 0.25) is 0 Å². The van der Waals surface area contributed by atoms with Gasteiger partial charge in [-0.1, -0.05) is 121 Å². The Morgan fingerprint density at radius 2 is 0.936 bits per heavy atom. The second kappa shape index (κ2) is 13.6. The van der Waals surface area contributed by atoms with Crippen molar-refractivity contribution in [2.75, 3.05) is 5.73 Å². The van der Waals surface area contributed by atoms with Crippen LogP contribution in [0.1, 0.15) is 11.1 Å². The van der Waals surface area contributed by atoms with Gasteiger partial charge in [0.1, 0.15) is 5.82 Å². The molecule has 2 N–H and O–H groups in total. The molecule has 4 aromatic carbocycles. The molecule has 6 nitrogen and oxygen atoms in total. The van der Waals surface area contributed by atoms with Crippen LogP contribution in [0.15, 0.2) is 172 Å². The fourth-order valence-corrected chi connectivity index (χ4v) is 6.15. The van der Waals surface area contributed by atoms with E-state index in [-0.39, 0.29) is 0 Å². The molecule has 8 rings (SSSR count). The van der Waals surface area contributed by atoms with Crippen LogP contribution in [0.2, 0.25) is 0 Å². The van der Waals surface area contributed by atoms with Crippen molar-refractivity contribution >= 4 is 60.2 Å². The number of anilines is 1. The molecule has 0 amide bonds. The van der Waals surface area contributed by atoms with Crippen molar-refractivity contribution in [1.29, 1.82) is 0 Å². The second-order valence-corrected chi connectivity index (χ2v) is 12.5. The maximum Gasteiger partial charge on any atom is 0.155 e. The maximum absolute atomic E-state index is 5.99. The fraction of sp³-hybridized carbons (Fsp3) is 0. The zero-order valence-electron chi connectivity index (χ0n) is 25.1. The summed E-state index contributed by atoms with van der Waals surface area (Å²) in [5.41, 5.74) is 15.5.